The van der Waals surface area contributed by atoms with Crippen LogP contribution in [0.5, 0.6) is 0 Å². The molecule has 8 nitrogen and oxygen atoms in total. The van der Waals surface area contributed by atoms with Gasteiger partial charge in [-0.2, -0.15) is 0 Å². The summed E-state index contributed by atoms with van der Waals surface area (Å²) in [7, 11) is 0. The number of nitrogens with zero attached hydrogens (tertiary/aromatic N) is 1. The zero-order valence-corrected chi connectivity index (χ0v) is 14.3. The number of halogens is 3. The molecule has 0 aliphatic carbocycles. The van der Waals surface area contributed by atoms with E-state index in [0.717, 1.165) is 19.6 Å². The Morgan fingerprint density at radius 2 is 1.57 bits per heavy atom. The zero-order chi connectivity index (χ0) is 13.8. The topological polar surface area (TPSA) is 137 Å². The minimum atomic E-state index is -1.08. The Hall–Kier alpha value is -0.0600. The number of hydrogen-bond acceptors (Lipinski definition) is 6. The summed E-state index contributed by atoms with van der Waals surface area (Å²) in [5.74, 6) is 0. The molecule has 0 spiro atoms. The van der Waals surface area contributed by atoms with Crippen LogP contribution < -0.4 is 22.1 Å². The lowest BCUT2D eigenvalue weighted by atomic mass is 10.3. The third kappa shape index (κ3) is 19.9. The monoisotopic (exact) mass is 371 g/mol. The van der Waals surface area contributed by atoms with E-state index in [1.54, 1.807) is 0 Å². The fraction of sp³-hybridized carbons (Fsp3) is 0.900. The van der Waals surface area contributed by atoms with Crippen LogP contribution in [0.1, 0.15) is 6.42 Å². The summed E-state index contributed by atoms with van der Waals surface area (Å²) in [6, 6.07) is 0. The molecule has 0 saturated heterocycles. The first kappa shape index (κ1) is 29.0. The van der Waals surface area contributed by atoms with Crippen molar-refractivity contribution >= 4 is 43.3 Å². The Kier molecular flexibility index (Phi) is 27.5. The SMILES string of the molecule is Cl.Cl.Cl.NCCN(CCN)CCNC(O)CCNC(=O)O. The lowest BCUT2D eigenvalue weighted by Gasteiger charge is -2.22. The molecule has 0 radical (unpaired) electrons. The second-order valence-electron chi connectivity index (χ2n) is 3.91. The van der Waals surface area contributed by atoms with Crippen molar-refractivity contribution in [1.82, 2.24) is 15.5 Å². The number of rotatable bonds is 11. The molecule has 11 heteroatoms. The average Bonchev–Trinajstić information content (AvgIpc) is 2.29. The van der Waals surface area contributed by atoms with Crippen LogP contribution in [0.15, 0.2) is 0 Å². The predicted octanol–water partition coefficient (Wildman–Crippen LogP) is -0.963. The maximum atomic E-state index is 10.2. The summed E-state index contributed by atoms with van der Waals surface area (Å²) in [5.41, 5.74) is 10.9. The fourth-order valence-corrected chi connectivity index (χ4v) is 1.51. The van der Waals surface area contributed by atoms with E-state index in [-0.39, 0.29) is 43.8 Å². The number of hydrogen-bond donors (Lipinski definition) is 6. The summed E-state index contributed by atoms with van der Waals surface area (Å²) in [4.78, 5) is 12.3. The van der Waals surface area contributed by atoms with E-state index in [1.807, 2.05) is 0 Å². The van der Waals surface area contributed by atoms with Crippen molar-refractivity contribution in [2.75, 3.05) is 45.8 Å². The minimum Gasteiger partial charge on any atom is -0.465 e. The zero-order valence-electron chi connectivity index (χ0n) is 11.9. The molecule has 0 aromatic carbocycles. The summed E-state index contributed by atoms with van der Waals surface area (Å²) in [5, 5.41) is 23.0. The van der Waals surface area contributed by atoms with Crippen LogP contribution in [-0.4, -0.2) is 73.2 Å². The van der Waals surface area contributed by atoms with Gasteiger partial charge in [0.2, 0.25) is 0 Å². The van der Waals surface area contributed by atoms with Crippen molar-refractivity contribution in [2.45, 2.75) is 12.6 Å². The number of nitrogens with one attached hydrogen (secondary N) is 2. The molecule has 132 valence electrons. The Bertz CT molecular complexity index is 224. The van der Waals surface area contributed by atoms with Gasteiger partial charge in [0.05, 0.1) is 0 Å². The second-order valence-corrected chi connectivity index (χ2v) is 3.91. The lowest BCUT2D eigenvalue weighted by molar-refractivity contribution is 0.121. The van der Waals surface area contributed by atoms with Crippen molar-refractivity contribution in [3.63, 3.8) is 0 Å². The van der Waals surface area contributed by atoms with Gasteiger partial charge in [-0.3, -0.25) is 10.2 Å². The van der Waals surface area contributed by atoms with Crippen molar-refractivity contribution in [2.24, 2.45) is 11.5 Å². The Morgan fingerprint density at radius 3 is 2.00 bits per heavy atom. The molecule has 0 fully saturated rings. The van der Waals surface area contributed by atoms with Gasteiger partial charge in [0.15, 0.2) is 0 Å². The summed E-state index contributed by atoms with van der Waals surface area (Å²) < 4.78 is 0. The third-order valence-corrected chi connectivity index (χ3v) is 2.39. The maximum absolute atomic E-state index is 10.2. The molecule has 0 saturated carbocycles. The Morgan fingerprint density at radius 1 is 1.05 bits per heavy atom. The number of amides is 1. The van der Waals surface area contributed by atoms with Gasteiger partial charge in [-0.05, 0) is 0 Å². The number of aliphatic hydroxyl groups is 1. The molecule has 0 aliphatic heterocycles. The third-order valence-electron chi connectivity index (χ3n) is 2.39. The van der Waals surface area contributed by atoms with Crippen LogP contribution in [0.3, 0.4) is 0 Å². The van der Waals surface area contributed by atoms with E-state index >= 15 is 0 Å². The van der Waals surface area contributed by atoms with E-state index in [0.29, 0.717) is 26.1 Å². The molecule has 8 N–H and O–H groups in total. The summed E-state index contributed by atoms with van der Waals surface area (Å²) in [6.07, 6.45) is -1.46. The molecule has 21 heavy (non-hydrogen) atoms. The maximum Gasteiger partial charge on any atom is 0.404 e. The van der Waals surface area contributed by atoms with Gasteiger partial charge in [-0.25, -0.2) is 4.79 Å². The number of carbonyl (C=O) groups is 1. The van der Waals surface area contributed by atoms with Gasteiger partial charge in [0, 0.05) is 52.2 Å². The van der Waals surface area contributed by atoms with E-state index in [1.165, 1.54) is 0 Å². The van der Waals surface area contributed by atoms with E-state index in [4.69, 9.17) is 16.6 Å². The standard InChI is InChI=1S/C10H25N5O3.3ClH/c11-2-6-15(7-3-12)8-5-13-9(16)1-4-14-10(17)18;;;/h9,13-14,16H,1-8,11-12H2,(H,17,18);3*1H. The molecule has 0 aromatic heterocycles. The normalized spacial score (nSPS) is 10.9. The highest BCUT2D eigenvalue weighted by Crippen LogP contribution is 1.88. The van der Waals surface area contributed by atoms with Crippen LogP contribution in [0.25, 0.3) is 0 Å². The molecule has 0 bridgehead atoms. The highest BCUT2D eigenvalue weighted by molar-refractivity contribution is 5.86. The van der Waals surface area contributed by atoms with Gasteiger partial charge >= 0.3 is 6.09 Å². The largest absolute Gasteiger partial charge is 0.465 e. The van der Waals surface area contributed by atoms with Crippen molar-refractivity contribution in [3.05, 3.63) is 0 Å². The highest BCUT2D eigenvalue weighted by Gasteiger charge is 2.06. The molecule has 0 aliphatic rings. The van der Waals surface area contributed by atoms with Crippen molar-refractivity contribution < 1.29 is 15.0 Å². The molecule has 1 atom stereocenters. The molecular weight excluding hydrogens is 345 g/mol. The van der Waals surface area contributed by atoms with Gasteiger partial charge in [-0.1, -0.05) is 0 Å². The van der Waals surface area contributed by atoms with Gasteiger partial charge in [-0.15, -0.1) is 37.2 Å². The van der Waals surface area contributed by atoms with Crippen LogP contribution in [0.2, 0.25) is 0 Å². The van der Waals surface area contributed by atoms with Crippen molar-refractivity contribution in [1.29, 1.82) is 0 Å². The number of aliphatic hydroxyl groups excluding tert-OH is 1. The molecular formula is C10H28Cl3N5O3. The van der Waals surface area contributed by atoms with Crippen LogP contribution in [-0.2, 0) is 0 Å². The van der Waals surface area contributed by atoms with E-state index in [2.05, 4.69) is 15.5 Å². The number of nitrogens with two attached hydrogens (primary N) is 2. The molecule has 0 heterocycles. The fourth-order valence-electron chi connectivity index (χ4n) is 1.51. The first-order valence-corrected chi connectivity index (χ1v) is 6.11. The average molecular weight is 373 g/mol. The number of carboxylic acid groups (broad SMARTS) is 1. The van der Waals surface area contributed by atoms with Gasteiger partial charge < -0.3 is 27.0 Å². The molecule has 0 rings (SSSR count). The van der Waals surface area contributed by atoms with Crippen molar-refractivity contribution in [3.8, 4) is 0 Å². The first-order valence-electron chi connectivity index (χ1n) is 6.11. The lowest BCUT2D eigenvalue weighted by Crippen LogP contribution is -2.41. The highest BCUT2D eigenvalue weighted by atomic mass is 35.5. The molecule has 1 amide bonds. The Labute approximate surface area is 144 Å². The van der Waals surface area contributed by atoms with E-state index in [9.17, 15) is 9.90 Å². The first-order chi connectivity index (χ1) is 8.60. The van der Waals surface area contributed by atoms with Crippen LogP contribution in [0, 0.1) is 0 Å². The summed E-state index contributed by atoms with van der Waals surface area (Å²) in [6.45, 7) is 4.27. The van der Waals surface area contributed by atoms with Crippen LogP contribution in [0.4, 0.5) is 4.79 Å². The quantitative estimate of drug-likeness (QED) is 0.257. The minimum absolute atomic E-state index is 0. The summed E-state index contributed by atoms with van der Waals surface area (Å²) >= 11 is 0. The predicted molar refractivity (Wildman–Crippen MR) is 90.9 cm³/mol. The molecule has 0 aromatic rings. The van der Waals surface area contributed by atoms with Gasteiger partial charge in [0.25, 0.3) is 0 Å². The smallest absolute Gasteiger partial charge is 0.404 e. The van der Waals surface area contributed by atoms with Gasteiger partial charge in [0.1, 0.15) is 6.23 Å². The molecule has 1 unspecified atom stereocenters. The second kappa shape index (κ2) is 19.9. The van der Waals surface area contributed by atoms with Crippen LogP contribution >= 0.6 is 37.2 Å². The Balaban J connectivity index is -0.000000482. The van der Waals surface area contributed by atoms with E-state index < -0.39 is 12.3 Å².